The van der Waals surface area contributed by atoms with Crippen LogP contribution < -0.4 is 5.32 Å². The van der Waals surface area contributed by atoms with Crippen LogP contribution in [0.2, 0.25) is 0 Å². The van der Waals surface area contributed by atoms with Crippen molar-refractivity contribution in [2.75, 3.05) is 18.4 Å². The predicted octanol–water partition coefficient (Wildman–Crippen LogP) is 2.58. The maximum absolute atomic E-state index is 13.0. The molecule has 1 saturated heterocycles. The quantitative estimate of drug-likeness (QED) is 0.632. The van der Waals surface area contributed by atoms with E-state index in [1.807, 2.05) is 12.1 Å². The summed E-state index contributed by atoms with van der Waals surface area (Å²) in [6.45, 7) is 1.90. The predicted molar refractivity (Wildman–Crippen MR) is 112 cm³/mol. The molecule has 8 nitrogen and oxygen atoms in total. The van der Waals surface area contributed by atoms with Crippen molar-refractivity contribution in [1.29, 1.82) is 0 Å². The van der Waals surface area contributed by atoms with Gasteiger partial charge in [0.2, 0.25) is 15.9 Å². The van der Waals surface area contributed by atoms with Crippen LogP contribution in [0, 0.1) is 5.92 Å². The lowest BCUT2D eigenvalue weighted by atomic mass is 9.97. The Bertz CT molecular complexity index is 1210. The van der Waals surface area contributed by atoms with E-state index in [0.717, 1.165) is 5.65 Å². The maximum atomic E-state index is 13.0. The molecular formula is C21H22N4O4S. The molecule has 9 heteroatoms. The van der Waals surface area contributed by atoms with Crippen LogP contribution in [0.5, 0.6) is 0 Å². The summed E-state index contributed by atoms with van der Waals surface area (Å²) in [6, 6.07) is 11.5. The molecule has 2 aromatic heterocycles. The average Bonchev–Trinajstić information content (AvgIpc) is 3.24. The van der Waals surface area contributed by atoms with E-state index in [4.69, 9.17) is 0 Å². The lowest BCUT2D eigenvalue weighted by Gasteiger charge is -2.30. The van der Waals surface area contributed by atoms with Crippen molar-refractivity contribution in [3.63, 3.8) is 0 Å². The van der Waals surface area contributed by atoms with E-state index in [2.05, 4.69) is 10.3 Å². The van der Waals surface area contributed by atoms with Gasteiger partial charge in [-0.15, -0.1) is 0 Å². The normalized spacial score (nSPS) is 15.9. The van der Waals surface area contributed by atoms with E-state index in [9.17, 15) is 18.0 Å². The molecular weight excluding hydrogens is 404 g/mol. The van der Waals surface area contributed by atoms with Crippen LogP contribution in [0.1, 0.15) is 30.1 Å². The summed E-state index contributed by atoms with van der Waals surface area (Å²) in [7, 11) is -3.71. The number of ketones is 1. The number of sulfonamides is 1. The Hall–Kier alpha value is -3.04. The standard InChI is InChI=1S/C21H22N4O4S/c1-15(26)17-4-2-5-18(14-17)30(28,29)24-11-8-16(9-12-24)21(27)23-20-7-3-6-19-22-10-13-25(19)20/h2-7,10,13-14,16H,8-9,11-12H2,1H3,(H,23,27). The van der Waals surface area contributed by atoms with Gasteiger partial charge in [0.1, 0.15) is 11.5 Å². The van der Waals surface area contributed by atoms with E-state index < -0.39 is 10.0 Å². The first-order valence-electron chi connectivity index (χ1n) is 9.70. The zero-order valence-electron chi connectivity index (χ0n) is 16.5. The molecule has 0 unspecified atom stereocenters. The number of aromatic nitrogens is 2. The van der Waals surface area contributed by atoms with E-state index in [-0.39, 0.29) is 35.6 Å². The molecule has 3 heterocycles. The first-order chi connectivity index (χ1) is 14.4. The number of imidazole rings is 1. The van der Waals surface area contributed by atoms with Gasteiger partial charge < -0.3 is 5.32 Å². The molecule has 156 valence electrons. The fraction of sp³-hybridized carbons (Fsp3) is 0.286. The Labute approximate surface area is 174 Å². The number of carbonyl (C=O) groups excluding carboxylic acids is 2. The van der Waals surface area contributed by atoms with Crippen LogP contribution in [0.4, 0.5) is 5.82 Å². The summed E-state index contributed by atoms with van der Waals surface area (Å²) >= 11 is 0. The highest BCUT2D eigenvalue weighted by Crippen LogP contribution is 2.25. The molecule has 1 N–H and O–H groups in total. The Morgan fingerprint density at radius 2 is 1.83 bits per heavy atom. The maximum Gasteiger partial charge on any atom is 0.243 e. The number of carbonyl (C=O) groups is 2. The molecule has 1 amide bonds. The fourth-order valence-corrected chi connectivity index (χ4v) is 5.18. The lowest BCUT2D eigenvalue weighted by molar-refractivity contribution is -0.120. The third kappa shape index (κ3) is 3.86. The molecule has 3 aromatic rings. The van der Waals surface area contributed by atoms with E-state index >= 15 is 0 Å². The number of nitrogens with one attached hydrogen (secondary N) is 1. The highest BCUT2D eigenvalue weighted by Gasteiger charge is 2.32. The topological polar surface area (TPSA) is 101 Å². The SMILES string of the molecule is CC(=O)c1cccc(S(=O)(=O)N2CCC(C(=O)Nc3cccc4nccn34)CC2)c1. The Kier molecular flexibility index (Phi) is 5.40. The molecule has 1 fully saturated rings. The van der Waals surface area contributed by atoms with Crippen molar-refractivity contribution < 1.29 is 18.0 Å². The van der Waals surface area contributed by atoms with Crippen molar-refractivity contribution in [3.05, 3.63) is 60.4 Å². The molecule has 4 rings (SSSR count). The zero-order chi connectivity index (χ0) is 21.3. The van der Waals surface area contributed by atoms with Crippen molar-refractivity contribution in [1.82, 2.24) is 13.7 Å². The van der Waals surface area contributed by atoms with Gasteiger partial charge in [0.25, 0.3) is 0 Å². The first-order valence-corrected chi connectivity index (χ1v) is 11.1. The van der Waals surface area contributed by atoms with Gasteiger partial charge in [-0.3, -0.25) is 14.0 Å². The molecule has 0 saturated carbocycles. The molecule has 1 aromatic carbocycles. The highest BCUT2D eigenvalue weighted by molar-refractivity contribution is 7.89. The number of pyridine rings is 1. The minimum absolute atomic E-state index is 0.102. The van der Waals surface area contributed by atoms with Gasteiger partial charge in [0, 0.05) is 37.0 Å². The van der Waals surface area contributed by atoms with Crippen LogP contribution >= 0.6 is 0 Å². The Morgan fingerprint density at radius 1 is 1.10 bits per heavy atom. The molecule has 30 heavy (non-hydrogen) atoms. The summed E-state index contributed by atoms with van der Waals surface area (Å²) in [5.74, 6) is 0.0343. The van der Waals surface area contributed by atoms with Crippen molar-refractivity contribution in [2.45, 2.75) is 24.7 Å². The third-order valence-electron chi connectivity index (χ3n) is 5.38. The second-order valence-corrected chi connectivity index (χ2v) is 9.26. The van der Waals surface area contributed by atoms with E-state index in [1.165, 1.54) is 23.4 Å². The van der Waals surface area contributed by atoms with Gasteiger partial charge in [-0.1, -0.05) is 18.2 Å². The van der Waals surface area contributed by atoms with Gasteiger partial charge in [-0.2, -0.15) is 4.31 Å². The minimum Gasteiger partial charge on any atom is -0.312 e. The molecule has 0 spiro atoms. The van der Waals surface area contributed by atoms with Crippen LogP contribution in [0.15, 0.2) is 59.8 Å². The number of fused-ring (bicyclic) bond motifs is 1. The number of amides is 1. The van der Waals surface area contributed by atoms with Crippen molar-refractivity contribution in [2.24, 2.45) is 5.92 Å². The number of anilines is 1. The van der Waals surface area contributed by atoms with Gasteiger partial charge in [-0.05, 0) is 44.0 Å². The number of Topliss-reactive ketones (excluding diaryl/α,β-unsaturated/α-hetero) is 1. The van der Waals surface area contributed by atoms with E-state index in [0.29, 0.717) is 24.2 Å². The third-order valence-corrected chi connectivity index (χ3v) is 7.28. The summed E-state index contributed by atoms with van der Waals surface area (Å²) in [5.41, 5.74) is 1.10. The fourth-order valence-electron chi connectivity index (χ4n) is 3.66. The molecule has 0 bridgehead atoms. The zero-order valence-corrected chi connectivity index (χ0v) is 17.3. The second kappa shape index (κ2) is 8.00. The van der Waals surface area contributed by atoms with Crippen LogP contribution in [-0.2, 0) is 14.8 Å². The largest absolute Gasteiger partial charge is 0.312 e. The van der Waals surface area contributed by atoms with Gasteiger partial charge >= 0.3 is 0 Å². The minimum atomic E-state index is -3.71. The van der Waals surface area contributed by atoms with Gasteiger partial charge in [0.05, 0.1) is 4.90 Å². The average molecular weight is 426 g/mol. The summed E-state index contributed by atoms with van der Waals surface area (Å²) in [5, 5.41) is 2.92. The summed E-state index contributed by atoms with van der Waals surface area (Å²) in [4.78, 5) is 28.6. The Morgan fingerprint density at radius 3 is 2.57 bits per heavy atom. The van der Waals surface area contributed by atoms with Gasteiger partial charge in [-0.25, -0.2) is 13.4 Å². The van der Waals surface area contributed by atoms with Crippen LogP contribution in [0.25, 0.3) is 5.65 Å². The Balaban J connectivity index is 1.43. The van der Waals surface area contributed by atoms with Gasteiger partial charge in [0.15, 0.2) is 5.78 Å². The molecule has 1 aliphatic rings. The molecule has 0 aliphatic carbocycles. The van der Waals surface area contributed by atoms with Crippen LogP contribution in [-0.4, -0.2) is 46.9 Å². The van der Waals surface area contributed by atoms with Crippen LogP contribution in [0.3, 0.4) is 0 Å². The van der Waals surface area contributed by atoms with Crippen molar-refractivity contribution in [3.8, 4) is 0 Å². The summed E-state index contributed by atoms with van der Waals surface area (Å²) < 4.78 is 29.1. The molecule has 1 aliphatic heterocycles. The highest BCUT2D eigenvalue weighted by atomic mass is 32.2. The number of hydrogen-bond acceptors (Lipinski definition) is 5. The lowest BCUT2D eigenvalue weighted by Crippen LogP contribution is -2.41. The number of benzene rings is 1. The molecule has 0 atom stereocenters. The number of piperidine rings is 1. The number of rotatable bonds is 5. The molecule has 0 radical (unpaired) electrons. The second-order valence-electron chi connectivity index (χ2n) is 7.32. The first kappa shape index (κ1) is 20.2. The van der Waals surface area contributed by atoms with E-state index in [1.54, 1.807) is 35.0 Å². The number of nitrogens with zero attached hydrogens (tertiary/aromatic N) is 3. The van der Waals surface area contributed by atoms with Crippen molar-refractivity contribution >= 4 is 33.2 Å². The smallest absolute Gasteiger partial charge is 0.243 e. The monoisotopic (exact) mass is 426 g/mol. The summed E-state index contributed by atoms with van der Waals surface area (Å²) in [6.07, 6.45) is 4.29. The number of hydrogen-bond donors (Lipinski definition) is 1.